The maximum atomic E-state index is 11.7. The molecule has 0 saturated heterocycles. The highest BCUT2D eigenvalue weighted by atomic mass is 79.9. The van der Waals surface area contributed by atoms with Crippen molar-refractivity contribution in [1.29, 1.82) is 0 Å². The Morgan fingerprint density at radius 3 is 3.00 bits per heavy atom. The molecule has 2 rings (SSSR count). The highest BCUT2D eigenvalue weighted by Crippen LogP contribution is 2.07. The predicted molar refractivity (Wildman–Crippen MR) is 61.7 cm³/mol. The number of carbonyl (C=O) groups excluding carboxylic acids is 1. The number of H-pyrrole nitrogens is 1. The third-order valence-corrected chi connectivity index (χ3v) is 2.39. The van der Waals surface area contributed by atoms with Crippen LogP contribution < -0.4 is 5.32 Å². The van der Waals surface area contributed by atoms with Crippen LogP contribution in [-0.4, -0.2) is 20.9 Å². The van der Waals surface area contributed by atoms with E-state index in [0.717, 1.165) is 5.82 Å². The van der Waals surface area contributed by atoms with Crippen molar-refractivity contribution in [3.63, 3.8) is 0 Å². The van der Waals surface area contributed by atoms with Gasteiger partial charge in [-0.3, -0.25) is 4.79 Å². The minimum absolute atomic E-state index is 0.153. The van der Waals surface area contributed by atoms with Crippen LogP contribution in [0.2, 0.25) is 0 Å². The number of rotatable bonds is 3. The lowest BCUT2D eigenvalue weighted by Crippen LogP contribution is -2.23. The van der Waals surface area contributed by atoms with Gasteiger partial charge in [0.1, 0.15) is 10.4 Å². The van der Waals surface area contributed by atoms with Gasteiger partial charge < -0.3 is 10.3 Å². The van der Waals surface area contributed by atoms with Gasteiger partial charge in [-0.15, -0.1) is 0 Å². The number of imidazole rings is 1. The molecule has 2 N–H and O–H groups in total. The van der Waals surface area contributed by atoms with Crippen molar-refractivity contribution >= 4 is 21.8 Å². The Bertz CT molecular complexity index is 483. The summed E-state index contributed by atoms with van der Waals surface area (Å²) in [5, 5.41) is 2.75. The second-order valence-electron chi connectivity index (χ2n) is 3.09. The first-order chi connectivity index (χ1) is 7.75. The zero-order valence-electron chi connectivity index (χ0n) is 8.27. The summed E-state index contributed by atoms with van der Waals surface area (Å²) in [6.45, 7) is 0.381. The molecule has 0 unspecified atom stereocenters. The average molecular weight is 281 g/mol. The molecule has 0 atom stereocenters. The maximum absolute atomic E-state index is 11.7. The smallest absolute Gasteiger partial charge is 0.251 e. The third kappa shape index (κ3) is 2.66. The number of carbonyl (C=O) groups is 1. The molecule has 0 spiro atoms. The third-order valence-electron chi connectivity index (χ3n) is 1.96. The average Bonchev–Trinajstić information content (AvgIpc) is 2.78. The zero-order chi connectivity index (χ0) is 11.4. The van der Waals surface area contributed by atoms with Crippen LogP contribution in [0.3, 0.4) is 0 Å². The quantitative estimate of drug-likeness (QED) is 0.837. The van der Waals surface area contributed by atoms with Crippen LogP contribution in [0.25, 0.3) is 0 Å². The summed E-state index contributed by atoms with van der Waals surface area (Å²) >= 11 is 3.21. The SMILES string of the molecule is O=C(NCc1ncc[nH]1)c1ccnc(Br)c1. The highest BCUT2D eigenvalue weighted by molar-refractivity contribution is 9.10. The second kappa shape index (κ2) is 4.89. The summed E-state index contributed by atoms with van der Waals surface area (Å²) in [5.41, 5.74) is 0.563. The van der Waals surface area contributed by atoms with Gasteiger partial charge in [0.05, 0.1) is 6.54 Å². The van der Waals surface area contributed by atoms with Crippen molar-refractivity contribution in [2.45, 2.75) is 6.54 Å². The Labute approximate surface area is 100 Å². The van der Waals surface area contributed by atoms with Crippen LogP contribution >= 0.6 is 15.9 Å². The number of halogens is 1. The van der Waals surface area contributed by atoms with E-state index in [9.17, 15) is 4.79 Å². The van der Waals surface area contributed by atoms with E-state index in [2.05, 4.69) is 36.2 Å². The Morgan fingerprint density at radius 1 is 1.44 bits per heavy atom. The van der Waals surface area contributed by atoms with Crippen LogP contribution in [0, 0.1) is 0 Å². The predicted octanol–water partition coefficient (Wildman–Crippen LogP) is 1.50. The maximum Gasteiger partial charge on any atom is 0.251 e. The van der Waals surface area contributed by atoms with E-state index < -0.39 is 0 Å². The van der Waals surface area contributed by atoms with E-state index >= 15 is 0 Å². The molecule has 0 fully saturated rings. The minimum atomic E-state index is -0.153. The van der Waals surface area contributed by atoms with E-state index in [1.54, 1.807) is 30.7 Å². The number of nitrogens with one attached hydrogen (secondary N) is 2. The van der Waals surface area contributed by atoms with Crippen molar-refractivity contribution in [2.24, 2.45) is 0 Å². The van der Waals surface area contributed by atoms with Gasteiger partial charge in [0, 0.05) is 24.2 Å². The molecular formula is C10H9BrN4O. The number of aromatic nitrogens is 3. The molecule has 0 radical (unpaired) electrons. The zero-order valence-corrected chi connectivity index (χ0v) is 9.86. The molecule has 0 aromatic carbocycles. The molecule has 16 heavy (non-hydrogen) atoms. The number of hydrogen-bond donors (Lipinski definition) is 2. The van der Waals surface area contributed by atoms with E-state index in [1.165, 1.54) is 0 Å². The second-order valence-corrected chi connectivity index (χ2v) is 3.90. The summed E-state index contributed by atoms with van der Waals surface area (Å²) in [7, 11) is 0. The lowest BCUT2D eigenvalue weighted by Gasteiger charge is -2.03. The summed E-state index contributed by atoms with van der Waals surface area (Å²) in [5.74, 6) is 0.570. The van der Waals surface area contributed by atoms with Crippen LogP contribution in [0.5, 0.6) is 0 Å². The van der Waals surface area contributed by atoms with E-state index in [4.69, 9.17) is 0 Å². The van der Waals surface area contributed by atoms with Gasteiger partial charge in [0.25, 0.3) is 5.91 Å². The van der Waals surface area contributed by atoms with Crippen LogP contribution in [-0.2, 0) is 6.54 Å². The number of nitrogens with zero attached hydrogens (tertiary/aromatic N) is 2. The molecule has 0 aliphatic rings. The van der Waals surface area contributed by atoms with Crippen molar-refractivity contribution in [1.82, 2.24) is 20.3 Å². The van der Waals surface area contributed by atoms with E-state index in [-0.39, 0.29) is 5.91 Å². The normalized spacial score (nSPS) is 10.1. The molecule has 0 bridgehead atoms. The first kappa shape index (κ1) is 10.8. The first-order valence-corrected chi connectivity index (χ1v) is 5.43. The van der Waals surface area contributed by atoms with E-state index in [0.29, 0.717) is 16.7 Å². The van der Waals surface area contributed by atoms with Gasteiger partial charge in [0.2, 0.25) is 0 Å². The fraction of sp³-hybridized carbons (Fsp3) is 0.100. The van der Waals surface area contributed by atoms with Crippen molar-refractivity contribution in [3.8, 4) is 0 Å². The minimum Gasteiger partial charge on any atom is -0.347 e. The molecule has 82 valence electrons. The van der Waals surface area contributed by atoms with Gasteiger partial charge in [0.15, 0.2) is 0 Å². The largest absolute Gasteiger partial charge is 0.347 e. The fourth-order valence-corrected chi connectivity index (χ4v) is 1.57. The van der Waals surface area contributed by atoms with Gasteiger partial charge in [-0.2, -0.15) is 0 Å². The molecule has 2 aromatic rings. The number of pyridine rings is 1. The molecule has 2 heterocycles. The van der Waals surface area contributed by atoms with Crippen LogP contribution in [0.15, 0.2) is 35.3 Å². The number of aromatic amines is 1. The summed E-state index contributed by atoms with van der Waals surface area (Å²) in [6, 6.07) is 3.32. The summed E-state index contributed by atoms with van der Waals surface area (Å²) < 4.78 is 0.637. The summed E-state index contributed by atoms with van der Waals surface area (Å²) in [4.78, 5) is 22.6. The highest BCUT2D eigenvalue weighted by Gasteiger charge is 2.06. The van der Waals surface area contributed by atoms with Gasteiger partial charge >= 0.3 is 0 Å². The Kier molecular flexibility index (Phi) is 3.31. The standard InChI is InChI=1S/C10H9BrN4O/c11-8-5-7(1-2-12-8)10(16)15-6-9-13-3-4-14-9/h1-5H,6H2,(H,13,14)(H,15,16). The molecule has 6 heteroatoms. The number of hydrogen-bond acceptors (Lipinski definition) is 3. The molecule has 5 nitrogen and oxygen atoms in total. The Balaban J connectivity index is 1.98. The van der Waals surface area contributed by atoms with Crippen LogP contribution in [0.4, 0.5) is 0 Å². The van der Waals surface area contributed by atoms with Gasteiger partial charge in [-0.05, 0) is 28.1 Å². The Hall–Kier alpha value is -1.69. The molecular weight excluding hydrogens is 272 g/mol. The molecule has 1 amide bonds. The molecule has 2 aromatic heterocycles. The van der Waals surface area contributed by atoms with Gasteiger partial charge in [-0.25, -0.2) is 9.97 Å². The summed E-state index contributed by atoms with van der Waals surface area (Å²) in [6.07, 6.45) is 4.93. The molecule has 0 saturated carbocycles. The lowest BCUT2D eigenvalue weighted by atomic mass is 10.2. The van der Waals surface area contributed by atoms with E-state index in [1.807, 2.05) is 0 Å². The van der Waals surface area contributed by atoms with Crippen molar-refractivity contribution in [2.75, 3.05) is 0 Å². The molecule has 0 aliphatic heterocycles. The number of amides is 1. The topological polar surface area (TPSA) is 70.7 Å². The first-order valence-electron chi connectivity index (χ1n) is 4.64. The van der Waals surface area contributed by atoms with Crippen molar-refractivity contribution in [3.05, 3.63) is 46.7 Å². The van der Waals surface area contributed by atoms with Gasteiger partial charge in [-0.1, -0.05) is 0 Å². The lowest BCUT2D eigenvalue weighted by molar-refractivity contribution is 0.0950. The van der Waals surface area contributed by atoms with Crippen LogP contribution in [0.1, 0.15) is 16.2 Å². The van der Waals surface area contributed by atoms with Crippen molar-refractivity contribution < 1.29 is 4.79 Å². The Morgan fingerprint density at radius 2 is 2.31 bits per heavy atom. The fourth-order valence-electron chi connectivity index (χ4n) is 1.20. The monoisotopic (exact) mass is 280 g/mol. The molecule has 0 aliphatic carbocycles.